The van der Waals surface area contributed by atoms with E-state index in [0.717, 1.165) is 11.1 Å². The van der Waals surface area contributed by atoms with E-state index in [4.69, 9.17) is 0 Å². The molecule has 1 heterocycles. The summed E-state index contributed by atoms with van der Waals surface area (Å²) in [7, 11) is 0. The molecule has 1 aliphatic rings. The highest BCUT2D eigenvalue weighted by atomic mass is 16.6. The van der Waals surface area contributed by atoms with Crippen LogP contribution in [0.5, 0.6) is 0 Å². The minimum atomic E-state index is -0.600. The molecule has 0 aromatic heterocycles. The lowest BCUT2D eigenvalue weighted by molar-refractivity contribution is -0.384. The third-order valence-corrected chi connectivity index (χ3v) is 4.23. The Hall–Kier alpha value is -3.68. The number of urea groups is 1. The zero-order valence-corrected chi connectivity index (χ0v) is 14.8. The number of rotatable bonds is 4. The van der Waals surface area contributed by atoms with Crippen molar-refractivity contribution in [1.29, 1.82) is 0 Å². The summed E-state index contributed by atoms with van der Waals surface area (Å²) in [6.45, 7) is 3.59. The number of nitrogens with zero attached hydrogens (tertiary/aromatic N) is 1. The van der Waals surface area contributed by atoms with E-state index in [1.54, 1.807) is 6.92 Å². The second-order valence-electron chi connectivity index (χ2n) is 6.24. The molecule has 27 heavy (non-hydrogen) atoms. The average Bonchev–Trinajstić information content (AvgIpc) is 2.61. The molecular formula is C19H18N4O4. The van der Waals surface area contributed by atoms with Gasteiger partial charge < -0.3 is 16.0 Å². The Labute approximate surface area is 155 Å². The van der Waals surface area contributed by atoms with Crippen molar-refractivity contribution in [2.45, 2.75) is 19.9 Å². The molecule has 2 aromatic carbocycles. The van der Waals surface area contributed by atoms with Crippen LogP contribution in [0.2, 0.25) is 0 Å². The molecule has 0 saturated heterocycles. The van der Waals surface area contributed by atoms with Gasteiger partial charge in [0.1, 0.15) is 0 Å². The Morgan fingerprint density at radius 1 is 1.15 bits per heavy atom. The summed E-state index contributed by atoms with van der Waals surface area (Å²) >= 11 is 0. The number of carbonyl (C=O) groups excluding carboxylic acids is 2. The van der Waals surface area contributed by atoms with Crippen LogP contribution in [-0.4, -0.2) is 16.9 Å². The van der Waals surface area contributed by atoms with Crippen molar-refractivity contribution in [3.63, 3.8) is 0 Å². The van der Waals surface area contributed by atoms with Gasteiger partial charge >= 0.3 is 6.03 Å². The quantitative estimate of drug-likeness (QED) is 0.570. The summed E-state index contributed by atoms with van der Waals surface area (Å²) in [6, 6.07) is 12.1. The van der Waals surface area contributed by atoms with Crippen molar-refractivity contribution in [2.75, 3.05) is 5.32 Å². The van der Waals surface area contributed by atoms with Crippen LogP contribution in [0.25, 0.3) is 0 Å². The number of hydrogen-bond acceptors (Lipinski definition) is 4. The maximum atomic E-state index is 12.9. The van der Waals surface area contributed by atoms with Crippen LogP contribution < -0.4 is 16.0 Å². The summed E-state index contributed by atoms with van der Waals surface area (Å²) in [5.74, 6) is -0.402. The van der Waals surface area contributed by atoms with Gasteiger partial charge in [-0.05, 0) is 31.5 Å². The Morgan fingerprint density at radius 3 is 2.48 bits per heavy atom. The van der Waals surface area contributed by atoms with E-state index in [1.165, 1.54) is 24.3 Å². The normalized spacial score (nSPS) is 16.4. The van der Waals surface area contributed by atoms with Gasteiger partial charge in [0.05, 0.1) is 16.5 Å². The lowest BCUT2D eigenvalue weighted by Gasteiger charge is -2.28. The van der Waals surface area contributed by atoms with Crippen molar-refractivity contribution in [2.24, 2.45) is 0 Å². The number of amides is 3. The highest BCUT2D eigenvalue weighted by Gasteiger charge is 2.31. The zero-order valence-electron chi connectivity index (χ0n) is 14.8. The maximum Gasteiger partial charge on any atom is 0.319 e. The van der Waals surface area contributed by atoms with Gasteiger partial charge in [0.25, 0.3) is 11.6 Å². The second kappa shape index (κ2) is 7.28. The summed E-state index contributed by atoms with van der Waals surface area (Å²) in [4.78, 5) is 35.0. The minimum absolute atomic E-state index is 0.0624. The smallest absolute Gasteiger partial charge is 0.319 e. The van der Waals surface area contributed by atoms with Crippen molar-refractivity contribution >= 4 is 23.3 Å². The maximum absolute atomic E-state index is 12.9. The largest absolute Gasteiger partial charge is 0.327 e. The molecule has 0 radical (unpaired) electrons. The monoisotopic (exact) mass is 366 g/mol. The van der Waals surface area contributed by atoms with E-state index in [1.807, 2.05) is 31.2 Å². The molecule has 8 nitrogen and oxygen atoms in total. The Balaban J connectivity index is 1.90. The van der Waals surface area contributed by atoms with Gasteiger partial charge in [-0.15, -0.1) is 0 Å². The highest BCUT2D eigenvalue weighted by Crippen LogP contribution is 2.28. The number of aryl methyl sites for hydroxylation is 1. The fourth-order valence-corrected chi connectivity index (χ4v) is 2.96. The number of nitrogens with one attached hydrogen (secondary N) is 3. The van der Waals surface area contributed by atoms with Crippen LogP contribution in [0.15, 0.2) is 59.8 Å². The molecule has 3 rings (SSSR count). The molecule has 0 saturated carbocycles. The molecule has 8 heteroatoms. The lowest BCUT2D eigenvalue weighted by atomic mass is 9.94. The Bertz CT molecular complexity index is 950. The highest BCUT2D eigenvalue weighted by molar-refractivity contribution is 6.06. The van der Waals surface area contributed by atoms with Gasteiger partial charge in [-0.2, -0.15) is 0 Å². The lowest BCUT2D eigenvalue weighted by Crippen LogP contribution is -2.46. The van der Waals surface area contributed by atoms with Crippen LogP contribution in [-0.2, 0) is 4.79 Å². The van der Waals surface area contributed by atoms with E-state index >= 15 is 0 Å². The van der Waals surface area contributed by atoms with Crippen molar-refractivity contribution in [3.05, 3.63) is 81.0 Å². The molecule has 3 amide bonds. The first-order valence-electron chi connectivity index (χ1n) is 8.26. The van der Waals surface area contributed by atoms with Gasteiger partial charge in [0.15, 0.2) is 0 Å². The Kier molecular flexibility index (Phi) is 4.89. The van der Waals surface area contributed by atoms with Crippen LogP contribution in [0.3, 0.4) is 0 Å². The Morgan fingerprint density at radius 2 is 1.85 bits per heavy atom. The molecule has 0 bridgehead atoms. The number of carbonyl (C=O) groups is 2. The predicted molar refractivity (Wildman–Crippen MR) is 100 cm³/mol. The van der Waals surface area contributed by atoms with Gasteiger partial charge in [-0.1, -0.05) is 29.8 Å². The van der Waals surface area contributed by atoms with Crippen molar-refractivity contribution in [3.8, 4) is 0 Å². The number of nitro benzene ring substituents is 1. The molecule has 138 valence electrons. The van der Waals surface area contributed by atoms with E-state index in [-0.39, 0.29) is 11.7 Å². The summed E-state index contributed by atoms with van der Waals surface area (Å²) in [5.41, 5.74) is 2.98. The van der Waals surface area contributed by atoms with Crippen LogP contribution in [0.1, 0.15) is 24.1 Å². The number of allylic oxidation sites excluding steroid dienone is 1. The summed E-state index contributed by atoms with van der Waals surface area (Å²) in [6.07, 6.45) is 0. The third-order valence-electron chi connectivity index (χ3n) is 4.23. The number of benzene rings is 2. The fourth-order valence-electron chi connectivity index (χ4n) is 2.96. The number of non-ortho nitro benzene ring substituents is 1. The van der Waals surface area contributed by atoms with Crippen LogP contribution in [0, 0.1) is 17.0 Å². The van der Waals surface area contributed by atoms with E-state index < -0.39 is 16.9 Å². The fraction of sp³-hybridized carbons (Fsp3) is 0.158. The summed E-state index contributed by atoms with van der Waals surface area (Å²) < 4.78 is 0. The molecule has 3 N–H and O–H groups in total. The molecule has 0 fully saturated rings. The molecule has 1 aliphatic heterocycles. The second-order valence-corrected chi connectivity index (χ2v) is 6.24. The van der Waals surface area contributed by atoms with Gasteiger partial charge in [0.2, 0.25) is 0 Å². The van der Waals surface area contributed by atoms with Gasteiger partial charge in [-0.25, -0.2) is 4.79 Å². The SMILES string of the molecule is CC1=C(C(=O)Nc2ccc([N+](=O)[O-])cc2)C(c2cccc(C)c2)NC(=O)N1. The van der Waals surface area contributed by atoms with Crippen molar-refractivity contribution in [1.82, 2.24) is 10.6 Å². The molecule has 1 unspecified atom stereocenters. The number of anilines is 1. The topological polar surface area (TPSA) is 113 Å². The average molecular weight is 366 g/mol. The number of nitro groups is 1. The third kappa shape index (κ3) is 3.95. The molecule has 0 spiro atoms. The van der Waals surface area contributed by atoms with Crippen molar-refractivity contribution < 1.29 is 14.5 Å². The molecule has 2 aromatic rings. The first kappa shape index (κ1) is 18.1. The van der Waals surface area contributed by atoms with Gasteiger partial charge in [-0.3, -0.25) is 14.9 Å². The minimum Gasteiger partial charge on any atom is -0.327 e. The van der Waals surface area contributed by atoms with Gasteiger partial charge in [0, 0.05) is 23.5 Å². The van der Waals surface area contributed by atoms with E-state index in [9.17, 15) is 19.7 Å². The molecule has 1 atom stereocenters. The first-order valence-corrected chi connectivity index (χ1v) is 8.26. The van der Waals surface area contributed by atoms with Crippen LogP contribution in [0.4, 0.5) is 16.2 Å². The van der Waals surface area contributed by atoms with E-state index in [2.05, 4.69) is 16.0 Å². The van der Waals surface area contributed by atoms with E-state index in [0.29, 0.717) is 17.0 Å². The molecular weight excluding hydrogens is 348 g/mol. The molecule has 0 aliphatic carbocycles. The van der Waals surface area contributed by atoms with Crippen LogP contribution >= 0.6 is 0 Å². The zero-order chi connectivity index (χ0) is 19.6. The predicted octanol–water partition coefficient (Wildman–Crippen LogP) is 3.17. The summed E-state index contributed by atoms with van der Waals surface area (Å²) in [5, 5.41) is 18.9. The standard InChI is InChI=1S/C19H18N4O4/c1-11-4-3-5-13(10-11)17-16(12(2)20-19(25)22-17)18(24)21-14-6-8-15(9-7-14)23(26)27/h3-10,17H,1-2H3,(H,21,24)(H2,20,22,25). The number of hydrogen-bond donors (Lipinski definition) is 3. The first-order chi connectivity index (χ1) is 12.8.